The number of anilines is 3. The van der Waals surface area contributed by atoms with Crippen LogP contribution in [0.4, 0.5) is 17.8 Å². The van der Waals surface area contributed by atoms with Gasteiger partial charge >= 0.3 is 0 Å². The molecule has 184 valence electrons. The average molecular weight is 481 g/mol. The van der Waals surface area contributed by atoms with E-state index in [0.29, 0.717) is 5.95 Å². The summed E-state index contributed by atoms with van der Waals surface area (Å²) in [4.78, 5) is 18.7. The van der Waals surface area contributed by atoms with Crippen molar-refractivity contribution in [2.24, 2.45) is 5.10 Å². The summed E-state index contributed by atoms with van der Waals surface area (Å²) in [6.45, 7) is 6.95. The zero-order valence-corrected chi connectivity index (χ0v) is 20.8. The van der Waals surface area contributed by atoms with Gasteiger partial charge in [0.1, 0.15) is 0 Å². The minimum Gasteiger partial charge on any atom is -0.342 e. The summed E-state index contributed by atoms with van der Waals surface area (Å²) in [7, 11) is 0. The molecule has 2 aliphatic rings. The van der Waals surface area contributed by atoms with Gasteiger partial charge in [-0.3, -0.25) is 0 Å². The number of hydrazone groups is 1. The summed E-state index contributed by atoms with van der Waals surface area (Å²) >= 11 is 0. The van der Waals surface area contributed by atoms with Crippen molar-refractivity contribution in [1.82, 2.24) is 19.5 Å². The third kappa shape index (κ3) is 4.63. The predicted molar refractivity (Wildman–Crippen MR) is 146 cm³/mol. The molecule has 0 spiro atoms. The van der Waals surface area contributed by atoms with Crippen LogP contribution >= 0.6 is 0 Å². The van der Waals surface area contributed by atoms with Gasteiger partial charge in [0.15, 0.2) is 0 Å². The highest BCUT2D eigenvalue weighted by Crippen LogP contribution is 2.24. The van der Waals surface area contributed by atoms with Gasteiger partial charge in [-0.2, -0.15) is 20.1 Å². The lowest BCUT2D eigenvalue weighted by atomic mass is 10.1. The topological polar surface area (TPSA) is 74.5 Å². The Hall–Kier alpha value is -3.94. The Morgan fingerprint density at radius 1 is 0.833 bits per heavy atom. The van der Waals surface area contributed by atoms with Gasteiger partial charge in [-0.25, -0.2) is 5.43 Å². The van der Waals surface area contributed by atoms with E-state index >= 15 is 0 Å². The minimum absolute atomic E-state index is 0.494. The molecule has 8 heteroatoms. The summed E-state index contributed by atoms with van der Waals surface area (Å²) in [6.07, 6.45) is 8.75. The standard InChI is InChI=1S/C28H32N8/c1-21-10-2-3-11-22(21)19-36-20-23(24-12-4-5-13-25(24)36)18-29-33-26-30-27(34-14-6-7-15-34)32-28(31-26)35-16-8-9-17-35/h2-5,10-13,18,20H,6-9,14-17,19H2,1H3,(H,30,31,32,33)/b29-18-. The maximum Gasteiger partial charge on any atom is 0.250 e. The molecular formula is C28H32N8. The van der Waals surface area contributed by atoms with Crippen molar-refractivity contribution >= 4 is 35.0 Å². The van der Waals surface area contributed by atoms with Crippen LogP contribution in [-0.2, 0) is 6.54 Å². The number of fused-ring (bicyclic) bond motifs is 1. The van der Waals surface area contributed by atoms with E-state index in [1.165, 1.54) is 47.7 Å². The Kier molecular flexibility index (Phi) is 6.24. The zero-order valence-electron chi connectivity index (χ0n) is 20.8. The summed E-state index contributed by atoms with van der Waals surface area (Å²) in [5, 5.41) is 5.73. The molecule has 2 aromatic heterocycles. The van der Waals surface area contributed by atoms with Crippen LogP contribution in [-0.4, -0.2) is 51.9 Å². The monoisotopic (exact) mass is 480 g/mol. The van der Waals surface area contributed by atoms with Crippen molar-refractivity contribution in [3.8, 4) is 0 Å². The number of benzene rings is 2. The second-order valence-electron chi connectivity index (χ2n) is 9.67. The summed E-state index contributed by atoms with van der Waals surface area (Å²) in [5.41, 5.74) is 7.95. The fourth-order valence-electron chi connectivity index (χ4n) is 5.16. The van der Waals surface area contributed by atoms with Crippen LogP contribution in [0.15, 0.2) is 59.8 Å². The number of hydrogen-bond donors (Lipinski definition) is 1. The molecule has 2 fully saturated rings. The van der Waals surface area contributed by atoms with Crippen LogP contribution in [0.2, 0.25) is 0 Å². The van der Waals surface area contributed by atoms with Crippen LogP contribution < -0.4 is 15.2 Å². The largest absolute Gasteiger partial charge is 0.342 e. The molecule has 0 aliphatic carbocycles. The molecule has 0 bridgehead atoms. The van der Waals surface area contributed by atoms with Gasteiger partial charge < -0.3 is 14.4 Å². The van der Waals surface area contributed by atoms with Crippen molar-refractivity contribution in [2.45, 2.75) is 39.2 Å². The zero-order chi connectivity index (χ0) is 24.3. The Balaban J connectivity index is 1.27. The Labute approximate surface area is 211 Å². The first kappa shape index (κ1) is 22.5. The third-order valence-electron chi connectivity index (χ3n) is 7.18. The van der Waals surface area contributed by atoms with E-state index in [4.69, 9.17) is 15.0 Å². The molecule has 8 nitrogen and oxygen atoms in total. The van der Waals surface area contributed by atoms with Crippen molar-refractivity contribution in [2.75, 3.05) is 41.4 Å². The molecule has 36 heavy (non-hydrogen) atoms. The highest BCUT2D eigenvalue weighted by atomic mass is 15.4. The van der Waals surface area contributed by atoms with Crippen molar-refractivity contribution in [3.63, 3.8) is 0 Å². The first-order valence-corrected chi connectivity index (χ1v) is 12.9. The van der Waals surface area contributed by atoms with Crippen LogP contribution in [0.5, 0.6) is 0 Å². The lowest BCUT2D eigenvalue weighted by Gasteiger charge is -2.20. The molecule has 4 aromatic rings. The molecule has 6 rings (SSSR count). The van der Waals surface area contributed by atoms with E-state index in [0.717, 1.165) is 50.2 Å². The van der Waals surface area contributed by atoms with Crippen molar-refractivity contribution in [1.29, 1.82) is 0 Å². The second-order valence-corrected chi connectivity index (χ2v) is 9.67. The van der Waals surface area contributed by atoms with Crippen LogP contribution in [0.3, 0.4) is 0 Å². The number of hydrogen-bond acceptors (Lipinski definition) is 7. The van der Waals surface area contributed by atoms with Gasteiger partial charge in [0.05, 0.1) is 6.21 Å². The molecule has 2 aliphatic heterocycles. The molecular weight excluding hydrogens is 448 g/mol. The van der Waals surface area contributed by atoms with Crippen LogP contribution in [0, 0.1) is 6.92 Å². The number of aryl methyl sites for hydroxylation is 1. The molecule has 0 radical (unpaired) electrons. The van der Waals surface area contributed by atoms with Crippen molar-refractivity contribution in [3.05, 3.63) is 71.4 Å². The van der Waals surface area contributed by atoms with Gasteiger partial charge in [0.25, 0.3) is 0 Å². The van der Waals surface area contributed by atoms with Gasteiger partial charge in [-0.05, 0) is 49.8 Å². The maximum atomic E-state index is 4.79. The molecule has 1 N–H and O–H groups in total. The molecule has 0 unspecified atom stereocenters. The Morgan fingerprint density at radius 3 is 2.17 bits per heavy atom. The highest BCUT2D eigenvalue weighted by Gasteiger charge is 2.21. The lowest BCUT2D eigenvalue weighted by molar-refractivity contribution is 0.830. The van der Waals surface area contributed by atoms with Gasteiger partial charge in [-0.1, -0.05) is 42.5 Å². The van der Waals surface area contributed by atoms with Gasteiger partial charge in [-0.15, -0.1) is 0 Å². The molecule has 0 saturated carbocycles. The summed E-state index contributed by atoms with van der Waals surface area (Å²) < 4.78 is 2.29. The summed E-state index contributed by atoms with van der Waals surface area (Å²) in [6, 6.07) is 17.0. The number of rotatable bonds is 7. The van der Waals surface area contributed by atoms with E-state index in [9.17, 15) is 0 Å². The number of aromatic nitrogens is 4. The fraction of sp³-hybridized carbons (Fsp3) is 0.357. The lowest BCUT2D eigenvalue weighted by Crippen LogP contribution is -2.25. The van der Waals surface area contributed by atoms with Crippen molar-refractivity contribution < 1.29 is 0 Å². The quantitative estimate of drug-likeness (QED) is 0.302. The highest BCUT2D eigenvalue weighted by molar-refractivity contribution is 5.99. The predicted octanol–water partition coefficient (Wildman–Crippen LogP) is 4.83. The van der Waals surface area contributed by atoms with Crippen LogP contribution in [0.1, 0.15) is 42.4 Å². The second kappa shape index (κ2) is 9.97. The Morgan fingerprint density at radius 2 is 1.47 bits per heavy atom. The van der Waals surface area contributed by atoms with E-state index < -0.39 is 0 Å². The third-order valence-corrected chi connectivity index (χ3v) is 7.18. The molecule has 0 amide bonds. The Bertz CT molecular complexity index is 1350. The van der Waals surface area contributed by atoms with Gasteiger partial charge in [0, 0.05) is 55.4 Å². The van der Waals surface area contributed by atoms with Gasteiger partial charge in [0.2, 0.25) is 17.8 Å². The number of nitrogens with one attached hydrogen (secondary N) is 1. The number of para-hydroxylation sites is 1. The average Bonchev–Trinajstić information content (AvgIpc) is 3.68. The minimum atomic E-state index is 0.494. The normalized spacial score (nSPS) is 16.0. The number of nitrogens with zero attached hydrogens (tertiary/aromatic N) is 7. The SMILES string of the molecule is Cc1ccccc1Cn1cc(/C=N\Nc2nc(N3CCCC3)nc(N3CCCC3)n2)c2ccccc21. The van der Waals surface area contributed by atoms with Crippen LogP contribution in [0.25, 0.3) is 10.9 Å². The molecule has 4 heterocycles. The fourth-order valence-corrected chi connectivity index (χ4v) is 5.16. The summed E-state index contributed by atoms with van der Waals surface area (Å²) in [5.74, 6) is 1.99. The first-order chi connectivity index (χ1) is 17.7. The van der Waals surface area contributed by atoms with E-state index in [1.54, 1.807) is 0 Å². The maximum absolute atomic E-state index is 4.79. The van der Waals surface area contributed by atoms with E-state index in [-0.39, 0.29) is 0 Å². The molecule has 2 aromatic carbocycles. The molecule has 0 atom stereocenters. The first-order valence-electron chi connectivity index (χ1n) is 12.9. The van der Waals surface area contributed by atoms with E-state index in [1.807, 2.05) is 6.21 Å². The van der Waals surface area contributed by atoms with E-state index in [2.05, 4.69) is 86.5 Å². The molecule has 2 saturated heterocycles. The smallest absolute Gasteiger partial charge is 0.250 e.